The van der Waals surface area contributed by atoms with Gasteiger partial charge in [0.25, 0.3) is 17.7 Å². The second-order valence-corrected chi connectivity index (χ2v) is 9.20. The Kier molecular flexibility index (Phi) is 7.02. The molecule has 190 valence electrons. The van der Waals surface area contributed by atoms with Crippen LogP contribution in [0.1, 0.15) is 38.3 Å². The lowest BCUT2D eigenvalue weighted by Crippen LogP contribution is -2.58. The van der Waals surface area contributed by atoms with Gasteiger partial charge in [0.2, 0.25) is 0 Å². The van der Waals surface area contributed by atoms with Gasteiger partial charge in [-0.2, -0.15) is 0 Å². The second kappa shape index (κ2) is 10.7. The van der Waals surface area contributed by atoms with Gasteiger partial charge in [0.05, 0.1) is 6.04 Å². The summed E-state index contributed by atoms with van der Waals surface area (Å²) in [5.74, 6) is 0.418. The number of hydrogen-bond acceptors (Lipinski definition) is 6. The molecule has 9 nitrogen and oxygen atoms in total. The highest BCUT2D eigenvalue weighted by Crippen LogP contribution is 2.24. The number of nitrogens with one attached hydrogen (secondary N) is 2. The van der Waals surface area contributed by atoms with Crippen molar-refractivity contribution in [3.8, 4) is 11.5 Å². The van der Waals surface area contributed by atoms with Crippen LogP contribution < -0.4 is 20.1 Å². The lowest BCUT2D eigenvalue weighted by molar-refractivity contribution is -0.123. The maximum absolute atomic E-state index is 13.3. The van der Waals surface area contributed by atoms with Crippen molar-refractivity contribution in [2.75, 3.05) is 19.7 Å². The van der Waals surface area contributed by atoms with Gasteiger partial charge in [-0.15, -0.1) is 0 Å². The van der Waals surface area contributed by atoms with E-state index in [0.717, 1.165) is 11.1 Å². The normalized spacial score (nSPS) is 20.0. The fourth-order valence-corrected chi connectivity index (χ4v) is 4.48. The molecule has 9 heteroatoms. The number of rotatable bonds is 1. The van der Waals surface area contributed by atoms with Gasteiger partial charge >= 0.3 is 0 Å². The third-order valence-electron chi connectivity index (χ3n) is 6.59. The van der Waals surface area contributed by atoms with Crippen molar-refractivity contribution in [3.63, 3.8) is 0 Å². The van der Waals surface area contributed by atoms with E-state index in [1.807, 2.05) is 31.2 Å². The van der Waals surface area contributed by atoms with Crippen LogP contribution >= 0.6 is 0 Å². The molecular formula is C28H28N4O5. The molecule has 4 heterocycles. The number of fused-ring (bicyclic) bond motifs is 7. The van der Waals surface area contributed by atoms with Crippen LogP contribution in [0.3, 0.4) is 0 Å². The number of likely N-dealkylation sites (tertiary alicyclic amines) is 1. The fourth-order valence-electron chi connectivity index (χ4n) is 4.48. The Hall–Kier alpha value is -4.40. The fraction of sp³-hybridized carbons (Fsp3) is 0.286. The van der Waals surface area contributed by atoms with E-state index in [1.165, 1.54) is 0 Å². The molecule has 1 fully saturated rings. The molecule has 37 heavy (non-hydrogen) atoms. The number of nitrogens with zero attached hydrogens (tertiary/aromatic N) is 2. The average molecular weight is 501 g/mol. The predicted molar refractivity (Wildman–Crippen MR) is 135 cm³/mol. The van der Waals surface area contributed by atoms with E-state index < -0.39 is 6.04 Å². The van der Waals surface area contributed by atoms with Crippen LogP contribution in [0.5, 0.6) is 11.5 Å². The number of pyridine rings is 1. The smallest absolute Gasteiger partial charge is 0.258 e. The van der Waals surface area contributed by atoms with Crippen LogP contribution in [0.15, 0.2) is 67.0 Å². The number of aryl methyl sites for hydroxylation is 1. The number of benzene rings is 2. The number of amides is 3. The molecule has 0 spiro atoms. The van der Waals surface area contributed by atoms with E-state index in [2.05, 4.69) is 15.6 Å². The van der Waals surface area contributed by atoms with Crippen LogP contribution in [0.4, 0.5) is 0 Å². The SMILES string of the molecule is Cc1ccc2cc1OCC(=O)NCc1ccc(cc1)O[C@H]1CCN(C(=O)c3ccncc3)C[C@@H]1NC2=O. The third-order valence-corrected chi connectivity index (χ3v) is 6.59. The minimum Gasteiger partial charge on any atom is -0.488 e. The van der Waals surface area contributed by atoms with Crippen molar-refractivity contribution in [3.05, 3.63) is 89.2 Å². The van der Waals surface area contributed by atoms with Crippen molar-refractivity contribution in [1.29, 1.82) is 0 Å². The topological polar surface area (TPSA) is 110 Å². The number of piperidine rings is 1. The molecule has 2 N–H and O–H groups in total. The van der Waals surface area contributed by atoms with Gasteiger partial charge in [0, 0.05) is 49.6 Å². The summed E-state index contributed by atoms with van der Waals surface area (Å²) in [4.78, 5) is 44.4. The van der Waals surface area contributed by atoms with Crippen LogP contribution in [0.25, 0.3) is 0 Å². The molecule has 0 radical (unpaired) electrons. The number of aromatic nitrogens is 1. The number of hydrogen-bond donors (Lipinski definition) is 2. The van der Waals surface area contributed by atoms with Gasteiger partial charge in [-0.05, 0) is 54.4 Å². The largest absolute Gasteiger partial charge is 0.488 e. The van der Waals surface area contributed by atoms with E-state index in [0.29, 0.717) is 48.7 Å². The first-order chi connectivity index (χ1) is 18.0. The maximum atomic E-state index is 13.3. The summed E-state index contributed by atoms with van der Waals surface area (Å²) in [6, 6.07) is 15.5. The molecule has 6 rings (SSSR count). The summed E-state index contributed by atoms with van der Waals surface area (Å²) in [5.41, 5.74) is 2.67. The number of carbonyl (C=O) groups excluding carboxylic acids is 3. The molecule has 3 aliphatic heterocycles. The van der Waals surface area contributed by atoms with Crippen molar-refractivity contribution in [2.24, 2.45) is 0 Å². The zero-order chi connectivity index (χ0) is 25.8. The summed E-state index contributed by atoms with van der Waals surface area (Å²) >= 11 is 0. The molecule has 3 amide bonds. The Morgan fingerprint density at radius 1 is 1.05 bits per heavy atom. The van der Waals surface area contributed by atoms with Gasteiger partial charge in [0.15, 0.2) is 6.61 Å². The molecular weight excluding hydrogens is 472 g/mol. The maximum Gasteiger partial charge on any atom is 0.258 e. The summed E-state index contributed by atoms with van der Waals surface area (Å²) < 4.78 is 12.0. The lowest BCUT2D eigenvalue weighted by Gasteiger charge is -2.39. The molecule has 0 aliphatic carbocycles. The minimum atomic E-state index is -0.448. The first-order valence-electron chi connectivity index (χ1n) is 12.2. The van der Waals surface area contributed by atoms with E-state index >= 15 is 0 Å². The second-order valence-electron chi connectivity index (χ2n) is 9.20. The molecule has 2 atom stereocenters. The zero-order valence-electron chi connectivity index (χ0n) is 20.5. The molecule has 4 bridgehead atoms. The van der Waals surface area contributed by atoms with Crippen molar-refractivity contribution >= 4 is 17.7 Å². The lowest BCUT2D eigenvalue weighted by atomic mass is 10.00. The third kappa shape index (κ3) is 5.72. The number of carbonyl (C=O) groups is 3. The Labute approximate surface area is 214 Å². The quantitative estimate of drug-likeness (QED) is 0.531. The monoisotopic (exact) mass is 500 g/mol. The Balaban J connectivity index is 1.43. The van der Waals surface area contributed by atoms with Gasteiger partial charge < -0.3 is 25.0 Å². The van der Waals surface area contributed by atoms with E-state index in [-0.39, 0.29) is 30.4 Å². The molecule has 2 aromatic carbocycles. The first-order valence-corrected chi connectivity index (χ1v) is 12.2. The summed E-state index contributed by atoms with van der Waals surface area (Å²) in [6.45, 7) is 2.84. The van der Waals surface area contributed by atoms with Gasteiger partial charge in [-0.25, -0.2) is 0 Å². The van der Waals surface area contributed by atoms with Gasteiger partial charge in [0.1, 0.15) is 17.6 Å². The van der Waals surface area contributed by atoms with Crippen molar-refractivity contribution < 1.29 is 23.9 Å². The highest BCUT2D eigenvalue weighted by Gasteiger charge is 2.34. The summed E-state index contributed by atoms with van der Waals surface area (Å²) in [5, 5.41) is 5.91. The Morgan fingerprint density at radius 3 is 2.62 bits per heavy atom. The van der Waals surface area contributed by atoms with Gasteiger partial charge in [-0.1, -0.05) is 18.2 Å². The summed E-state index contributed by atoms with van der Waals surface area (Å²) in [6.07, 6.45) is 3.38. The van der Waals surface area contributed by atoms with Crippen molar-refractivity contribution in [1.82, 2.24) is 20.5 Å². The molecule has 1 aromatic heterocycles. The highest BCUT2D eigenvalue weighted by atomic mass is 16.5. The Morgan fingerprint density at radius 2 is 1.84 bits per heavy atom. The molecule has 3 aromatic rings. The first kappa shape index (κ1) is 24.3. The highest BCUT2D eigenvalue weighted by molar-refractivity contribution is 5.96. The van der Waals surface area contributed by atoms with Crippen LogP contribution in [0.2, 0.25) is 0 Å². The van der Waals surface area contributed by atoms with Crippen molar-refractivity contribution in [2.45, 2.75) is 32.0 Å². The van der Waals surface area contributed by atoms with Crippen LogP contribution in [0, 0.1) is 6.92 Å². The molecule has 1 saturated heterocycles. The van der Waals surface area contributed by atoms with Crippen LogP contribution in [-0.2, 0) is 11.3 Å². The standard InChI is InChI=1S/C28H28N4O5/c1-18-2-5-21-14-25(18)36-17-26(33)30-15-19-3-6-22(7-4-19)37-24-10-13-32(16-23(24)31-27(21)34)28(35)20-8-11-29-12-9-20/h2-9,11-12,14,23-24H,10,13,15-17H2,1H3,(H,30,33)(H,31,34)/t23-,24-/m0/s1. The van der Waals surface area contributed by atoms with Gasteiger partial charge in [-0.3, -0.25) is 19.4 Å². The molecule has 3 aliphatic rings. The number of ether oxygens (including phenoxy) is 2. The Bertz CT molecular complexity index is 1300. The van der Waals surface area contributed by atoms with E-state index in [9.17, 15) is 14.4 Å². The summed E-state index contributed by atoms with van der Waals surface area (Å²) in [7, 11) is 0. The molecule has 0 saturated carbocycles. The van der Waals surface area contributed by atoms with E-state index in [4.69, 9.17) is 9.47 Å². The zero-order valence-corrected chi connectivity index (χ0v) is 20.5. The minimum absolute atomic E-state index is 0.119. The average Bonchev–Trinajstić information content (AvgIpc) is 2.92. The predicted octanol–water partition coefficient (Wildman–Crippen LogP) is 2.49. The van der Waals surface area contributed by atoms with E-state index in [1.54, 1.807) is 47.6 Å². The van der Waals surface area contributed by atoms with Crippen LogP contribution in [-0.4, -0.2) is 59.4 Å². The molecule has 0 unspecified atom stereocenters.